The van der Waals surface area contributed by atoms with Crippen molar-refractivity contribution in [2.24, 2.45) is 0 Å². The number of carbonyl (C=O) groups excluding carboxylic acids is 3. The first-order valence-corrected chi connectivity index (χ1v) is 6.29. The number of nitrogens with one attached hydrogen (secondary N) is 2. The molecule has 0 aliphatic carbocycles. The van der Waals surface area contributed by atoms with E-state index in [4.69, 9.17) is 0 Å². The van der Waals surface area contributed by atoms with Crippen molar-refractivity contribution in [3.8, 4) is 0 Å². The fraction of sp³-hybridized carbons (Fsp3) is 0.750. The number of hydrogen-bond acceptors (Lipinski definition) is 4. The monoisotopic (exact) mass is 273 g/mol. The molecule has 0 saturated carbocycles. The molecule has 19 heavy (non-hydrogen) atoms. The largest absolute Gasteiger partial charge is 0.453 e. The zero-order valence-corrected chi connectivity index (χ0v) is 11.8. The Morgan fingerprint density at radius 2 is 1.53 bits per heavy atom. The molecular formula is C12H23N3O4. The molecular weight excluding hydrogens is 250 g/mol. The molecule has 0 aliphatic rings. The van der Waals surface area contributed by atoms with Gasteiger partial charge in [0, 0.05) is 40.0 Å². The molecule has 110 valence electrons. The molecule has 0 aromatic rings. The van der Waals surface area contributed by atoms with E-state index in [2.05, 4.69) is 15.4 Å². The summed E-state index contributed by atoms with van der Waals surface area (Å²) in [6, 6.07) is 0. The summed E-state index contributed by atoms with van der Waals surface area (Å²) in [7, 11) is 1.30. The fourth-order valence-corrected chi connectivity index (χ4v) is 1.49. The van der Waals surface area contributed by atoms with Crippen LogP contribution in [0.25, 0.3) is 0 Å². The SMILES string of the molecule is COC(=O)NCCCN(CCCNC(C)=O)C(C)=O. The Hall–Kier alpha value is -1.79. The van der Waals surface area contributed by atoms with E-state index in [9.17, 15) is 14.4 Å². The lowest BCUT2D eigenvalue weighted by atomic mass is 10.3. The van der Waals surface area contributed by atoms with E-state index in [0.717, 1.165) is 0 Å². The lowest BCUT2D eigenvalue weighted by Crippen LogP contribution is -2.35. The standard InChI is InChI=1S/C12H23N3O4/c1-10(16)13-6-4-8-15(11(2)17)9-5-7-14-12(18)19-3/h4-9H2,1-3H3,(H,13,16)(H,14,18). The maximum atomic E-state index is 11.4. The minimum absolute atomic E-state index is 0.0131. The van der Waals surface area contributed by atoms with E-state index in [-0.39, 0.29) is 11.8 Å². The number of nitrogens with zero attached hydrogens (tertiary/aromatic N) is 1. The van der Waals surface area contributed by atoms with Gasteiger partial charge in [-0.3, -0.25) is 9.59 Å². The van der Waals surface area contributed by atoms with Gasteiger partial charge in [0.1, 0.15) is 0 Å². The number of methoxy groups -OCH3 is 1. The minimum Gasteiger partial charge on any atom is -0.453 e. The van der Waals surface area contributed by atoms with Crippen molar-refractivity contribution in [3.63, 3.8) is 0 Å². The van der Waals surface area contributed by atoms with Gasteiger partial charge in [0.2, 0.25) is 11.8 Å². The van der Waals surface area contributed by atoms with Crippen molar-refractivity contribution in [1.82, 2.24) is 15.5 Å². The van der Waals surface area contributed by atoms with Gasteiger partial charge in [-0.15, -0.1) is 0 Å². The third-order valence-electron chi connectivity index (χ3n) is 2.48. The summed E-state index contributed by atoms with van der Waals surface area (Å²) in [5.41, 5.74) is 0. The van der Waals surface area contributed by atoms with Gasteiger partial charge in [0.25, 0.3) is 0 Å². The van der Waals surface area contributed by atoms with Crippen LogP contribution in [0.15, 0.2) is 0 Å². The second-order valence-corrected chi connectivity index (χ2v) is 4.11. The predicted molar refractivity (Wildman–Crippen MR) is 70.6 cm³/mol. The normalized spacial score (nSPS) is 9.63. The molecule has 3 amide bonds. The molecule has 0 atom stereocenters. The molecule has 2 N–H and O–H groups in total. The van der Waals surface area contributed by atoms with Gasteiger partial charge in [0.05, 0.1) is 7.11 Å². The first-order chi connectivity index (χ1) is 8.97. The second kappa shape index (κ2) is 10.2. The van der Waals surface area contributed by atoms with E-state index >= 15 is 0 Å². The van der Waals surface area contributed by atoms with Gasteiger partial charge in [-0.25, -0.2) is 4.79 Å². The molecule has 0 fully saturated rings. The minimum atomic E-state index is -0.472. The van der Waals surface area contributed by atoms with Crippen molar-refractivity contribution in [3.05, 3.63) is 0 Å². The predicted octanol–water partition coefficient (Wildman–Crippen LogP) is 0.107. The lowest BCUT2D eigenvalue weighted by molar-refractivity contribution is -0.128. The van der Waals surface area contributed by atoms with Gasteiger partial charge in [0.15, 0.2) is 0 Å². The number of amides is 3. The molecule has 0 radical (unpaired) electrons. The van der Waals surface area contributed by atoms with Gasteiger partial charge < -0.3 is 20.3 Å². The van der Waals surface area contributed by atoms with Crippen LogP contribution >= 0.6 is 0 Å². The fourth-order valence-electron chi connectivity index (χ4n) is 1.49. The summed E-state index contributed by atoms with van der Waals surface area (Å²) in [4.78, 5) is 34.6. The Bertz CT molecular complexity index is 307. The van der Waals surface area contributed by atoms with Crippen LogP contribution in [0.2, 0.25) is 0 Å². The molecule has 0 unspecified atom stereocenters. The van der Waals surface area contributed by atoms with Crippen LogP contribution in [0, 0.1) is 0 Å². The van der Waals surface area contributed by atoms with E-state index in [1.54, 1.807) is 4.90 Å². The van der Waals surface area contributed by atoms with Crippen molar-refractivity contribution >= 4 is 17.9 Å². The zero-order chi connectivity index (χ0) is 14.7. The van der Waals surface area contributed by atoms with Gasteiger partial charge in [-0.1, -0.05) is 0 Å². The third-order valence-corrected chi connectivity index (χ3v) is 2.48. The Kier molecular flexibility index (Phi) is 9.20. The molecule has 0 aliphatic heterocycles. The van der Waals surface area contributed by atoms with Gasteiger partial charge in [-0.05, 0) is 12.8 Å². The Labute approximate surface area is 113 Å². The molecule has 0 spiro atoms. The lowest BCUT2D eigenvalue weighted by Gasteiger charge is -2.21. The summed E-state index contributed by atoms with van der Waals surface area (Å²) < 4.78 is 4.44. The summed E-state index contributed by atoms with van der Waals surface area (Å²) in [5, 5.41) is 5.23. The highest BCUT2D eigenvalue weighted by molar-refractivity contribution is 5.73. The molecule has 0 bridgehead atoms. The Morgan fingerprint density at radius 3 is 1.95 bits per heavy atom. The number of ether oxygens (including phenoxy) is 1. The van der Waals surface area contributed by atoms with Crippen LogP contribution in [0.5, 0.6) is 0 Å². The highest BCUT2D eigenvalue weighted by Crippen LogP contribution is 1.95. The van der Waals surface area contributed by atoms with E-state index in [1.165, 1.54) is 21.0 Å². The van der Waals surface area contributed by atoms with E-state index in [1.807, 2.05) is 0 Å². The Morgan fingerprint density at radius 1 is 1.00 bits per heavy atom. The van der Waals surface area contributed by atoms with Crippen LogP contribution in [-0.4, -0.2) is 56.1 Å². The number of alkyl carbamates (subject to hydrolysis) is 1. The quantitative estimate of drug-likeness (QED) is 0.614. The van der Waals surface area contributed by atoms with Crippen LogP contribution in [0.4, 0.5) is 4.79 Å². The summed E-state index contributed by atoms with van der Waals surface area (Å²) in [5.74, 6) is -0.0856. The van der Waals surface area contributed by atoms with Crippen LogP contribution in [0.1, 0.15) is 26.7 Å². The van der Waals surface area contributed by atoms with Crippen LogP contribution in [0.3, 0.4) is 0 Å². The molecule has 0 rings (SSSR count). The topological polar surface area (TPSA) is 87.7 Å². The summed E-state index contributed by atoms with van der Waals surface area (Å²) in [6.07, 6.45) is 0.901. The summed E-state index contributed by atoms with van der Waals surface area (Å²) >= 11 is 0. The smallest absolute Gasteiger partial charge is 0.406 e. The van der Waals surface area contributed by atoms with Gasteiger partial charge in [-0.2, -0.15) is 0 Å². The third kappa shape index (κ3) is 9.87. The average molecular weight is 273 g/mol. The second-order valence-electron chi connectivity index (χ2n) is 4.11. The average Bonchev–Trinajstić information content (AvgIpc) is 2.35. The van der Waals surface area contributed by atoms with Crippen molar-refractivity contribution in [2.75, 3.05) is 33.3 Å². The molecule has 7 nitrogen and oxygen atoms in total. The van der Waals surface area contributed by atoms with Gasteiger partial charge >= 0.3 is 6.09 Å². The highest BCUT2D eigenvalue weighted by atomic mass is 16.5. The molecule has 0 heterocycles. The van der Waals surface area contributed by atoms with Crippen LogP contribution < -0.4 is 10.6 Å². The zero-order valence-electron chi connectivity index (χ0n) is 11.8. The number of rotatable bonds is 8. The van der Waals surface area contributed by atoms with E-state index in [0.29, 0.717) is 39.0 Å². The number of hydrogen-bond donors (Lipinski definition) is 2. The van der Waals surface area contributed by atoms with E-state index < -0.39 is 6.09 Å². The highest BCUT2D eigenvalue weighted by Gasteiger charge is 2.08. The molecule has 0 aromatic heterocycles. The summed E-state index contributed by atoms with van der Waals surface area (Å²) in [6.45, 7) is 5.14. The van der Waals surface area contributed by atoms with Crippen molar-refractivity contribution in [1.29, 1.82) is 0 Å². The first-order valence-electron chi connectivity index (χ1n) is 6.29. The maximum absolute atomic E-state index is 11.4. The molecule has 7 heteroatoms. The first kappa shape index (κ1) is 17.2. The van der Waals surface area contributed by atoms with Crippen molar-refractivity contribution in [2.45, 2.75) is 26.7 Å². The molecule has 0 saturated heterocycles. The van der Waals surface area contributed by atoms with Crippen molar-refractivity contribution < 1.29 is 19.1 Å². The Balaban J connectivity index is 3.77. The molecule has 0 aromatic carbocycles. The number of carbonyl (C=O) groups is 3. The van der Waals surface area contributed by atoms with Crippen LogP contribution in [-0.2, 0) is 14.3 Å². The maximum Gasteiger partial charge on any atom is 0.406 e.